The number of piperidine rings is 1. The number of anilines is 1. The zero-order valence-electron chi connectivity index (χ0n) is 15.7. The SMILES string of the molecule is NC(=O)CNC(=O)c1cc(S(=O)(=O)N2CCCCC2)ccc1N1CCOCC1. The largest absolute Gasteiger partial charge is 0.378 e. The Morgan fingerprint density at radius 1 is 1.07 bits per heavy atom. The first-order chi connectivity index (χ1) is 13.4. The van der Waals surface area contributed by atoms with Crippen LogP contribution in [-0.4, -0.2) is 70.5 Å². The summed E-state index contributed by atoms with van der Waals surface area (Å²) in [7, 11) is -3.68. The smallest absolute Gasteiger partial charge is 0.253 e. The highest BCUT2D eigenvalue weighted by atomic mass is 32.2. The molecule has 154 valence electrons. The molecule has 0 saturated carbocycles. The lowest BCUT2D eigenvalue weighted by Gasteiger charge is -2.31. The summed E-state index contributed by atoms with van der Waals surface area (Å²) in [5.41, 5.74) is 5.94. The summed E-state index contributed by atoms with van der Waals surface area (Å²) >= 11 is 0. The molecule has 9 nitrogen and oxygen atoms in total. The van der Waals surface area contributed by atoms with Crippen LogP contribution in [0.2, 0.25) is 0 Å². The third kappa shape index (κ3) is 4.62. The third-order valence-electron chi connectivity index (χ3n) is 4.94. The number of carbonyl (C=O) groups is 2. The first-order valence-electron chi connectivity index (χ1n) is 9.43. The summed E-state index contributed by atoms with van der Waals surface area (Å²) in [6.07, 6.45) is 2.68. The van der Waals surface area contributed by atoms with Gasteiger partial charge >= 0.3 is 0 Å². The molecule has 2 saturated heterocycles. The van der Waals surface area contributed by atoms with E-state index in [2.05, 4.69) is 5.32 Å². The zero-order chi connectivity index (χ0) is 20.1. The number of ether oxygens (including phenoxy) is 1. The minimum Gasteiger partial charge on any atom is -0.378 e. The van der Waals surface area contributed by atoms with Crippen LogP contribution >= 0.6 is 0 Å². The van der Waals surface area contributed by atoms with Gasteiger partial charge in [-0.05, 0) is 31.0 Å². The number of carbonyl (C=O) groups excluding carboxylic acids is 2. The lowest BCUT2D eigenvalue weighted by Crippen LogP contribution is -2.39. The molecular formula is C18H26N4O5S. The van der Waals surface area contributed by atoms with E-state index in [-0.39, 0.29) is 17.0 Å². The molecule has 2 heterocycles. The van der Waals surface area contributed by atoms with Gasteiger partial charge in [0.15, 0.2) is 0 Å². The van der Waals surface area contributed by atoms with Gasteiger partial charge in [0.25, 0.3) is 5.91 Å². The number of sulfonamides is 1. The van der Waals surface area contributed by atoms with Crippen LogP contribution in [0.1, 0.15) is 29.6 Å². The number of nitrogens with one attached hydrogen (secondary N) is 1. The molecule has 1 aromatic rings. The lowest BCUT2D eigenvalue weighted by molar-refractivity contribution is -0.117. The second-order valence-electron chi connectivity index (χ2n) is 6.89. The van der Waals surface area contributed by atoms with Gasteiger partial charge in [0.1, 0.15) is 0 Å². The molecule has 0 atom stereocenters. The molecule has 2 aliphatic rings. The van der Waals surface area contributed by atoms with Crippen molar-refractivity contribution in [3.8, 4) is 0 Å². The molecule has 0 aromatic heterocycles. The van der Waals surface area contributed by atoms with Crippen molar-refractivity contribution in [2.24, 2.45) is 5.73 Å². The molecule has 0 radical (unpaired) electrons. The van der Waals surface area contributed by atoms with Crippen LogP contribution in [-0.2, 0) is 19.6 Å². The molecular weight excluding hydrogens is 384 g/mol. The van der Waals surface area contributed by atoms with E-state index in [4.69, 9.17) is 10.5 Å². The molecule has 0 unspecified atom stereocenters. The molecule has 10 heteroatoms. The second kappa shape index (κ2) is 8.89. The fourth-order valence-corrected chi connectivity index (χ4v) is 5.00. The Kier molecular flexibility index (Phi) is 6.53. The van der Waals surface area contributed by atoms with Gasteiger partial charge in [0.05, 0.1) is 30.2 Å². The van der Waals surface area contributed by atoms with Gasteiger partial charge in [-0.15, -0.1) is 0 Å². The van der Waals surface area contributed by atoms with Crippen molar-refractivity contribution in [2.75, 3.05) is 50.8 Å². The fraction of sp³-hybridized carbons (Fsp3) is 0.556. The van der Waals surface area contributed by atoms with Crippen molar-refractivity contribution in [1.29, 1.82) is 0 Å². The molecule has 2 aliphatic heterocycles. The number of morpholine rings is 1. The molecule has 0 spiro atoms. The predicted octanol–water partition coefficient (Wildman–Crippen LogP) is -0.0871. The molecule has 2 amide bonds. The molecule has 3 rings (SSSR count). The Morgan fingerprint density at radius 3 is 2.39 bits per heavy atom. The van der Waals surface area contributed by atoms with Gasteiger partial charge in [-0.3, -0.25) is 9.59 Å². The van der Waals surface area contributed by atoms with Crippen LogP contribution in [0.25, 0.3) is 0 Å². The van der Waals surface area contributed by atoms with Crippen molar-refractivity contribution >= 4 is 27.5 Å². The highest BCUT2D eigenvalue weighted by Crippen LogP contribution is 2.28. The average Bonchev–Trinajstić information content (AvgIpc) is 2.72. The first-order valence-corrected chi connectivity index (χ1v) is 10.9. The molecule has 28 heavy (non-hydrogen) atoms. The Labute approximate surface area is 164 Å². The van der Waals surface area contributed by atoms with Crippen LogP contribution in [0.15, 0.2) is 23.1 Å². The Hall–Kier alpha value is -2.17. The first kappa shape index (κ1) is 20.6. The highest BCUT2D eigenvalue weighted by molar-refractivity contribution is 7.89. The number of nitrogens with zero attached hydrogens (tertiary/aromatic N) is 2. The summed E-state index contributed by atoms with van der Waals surface area (Å²) in [5.74, 6) is -1.20. The molecule has 0 aliphatic carbocycles. The van der Waals surface area contributed by atoms with Crippen molar-refractivity contribution in [3.63, 3.8) is 0 Å². The van der Waals surface area contributed by atoms with Crippen LogP contribution in [0, 0.1) is 0 Å². The van der Waals surface area contributed by atoms with Gasteiger partial charge in [-0.25, -0.2) is 8.42 Å². The topological polar surface area (TPSA) is 122 Å². The number of nitrogens with two attached hydrogens (primary N) is 1. The predicted molar refractivity (Wildman–Crippen MR) is 104 cm³/mol. The van der Waals surface area contributed by atoms with Gasteiger partial charge in [0, 0.05) is 31.9 Å². The number of primary amides is 1. The number of hydrogen-bond donors (Lipinski definition) is 2. The maximum Gasteiger partial charge on any atom is 0.253 e. The number of hydrogen-bond acceptors (Lipinski definition) is 6. The maximum absolute atomic E-state index is 13.0. The monoisotopic (exact) mass is 410 g/mol. The van der Waals surface area contributed by atoms with E-state index in [1.807, 2.05) is 4.90 Å². The molecule has 2 fully saturated rings. The van der Waals surface area contributed by atoms with E-state index in [9.17, 15) is 18.0 Å². The lowest BCUT2D eigenvalue weighted by atomic mass is 10.1. The van der Waals surface area contributed by atoms with Crippen LogP contribution in [0.4, 0.5) is 5.69 Å². The number of rotatable bonds is 6. The van der Waals surface area contributed by atoms with E-state index in [1.165, 1.54) is 10.4 Å². The van der Waals surface area contributed by atoms with E-state index < -0.39 is 21.8 Å². The maximum atomic E-state index is 13.0. The fourth-order valence-electron chi connectivity index (χ4n) is 3.45. The standard InChI is InChI=1S/C18H26N4O5S/c19-17(23)13-20-18(24)15-12-14(28(25,26)22-6-2-1-3-7-22)4-5-16(15)21-8-10-27-11-9-21/h4-5,12H,1-3,6-11,13H2,(H2,19,23)(H,20,24). The van der Waals surface area contributed by atoms with Crippen molar-refractivity contribution in [2.45, 2.75) is 24.2 Å². The number of benzene rings is 1. The van der Waals surface area contributed by atoms with Gasteiger partial charge < -0.3 is 20.7 Å². The van der Waals surface area contributed by atoms with Gasteiger partial charge in [0.2, 0.25) is 15.9 Å². The van der Waals surface area contributed by atoms with Crippen molar-refractivity contribution in [3.05, 3.63) is 23.8 Å². The molecule has 3 N–H and O–H groups in total. The minimum atomic E-state index is -3.68. The summed E-state index contributed by atoms with van der Waals surface area (Å²) in [6, 6.07) is 4.59. The quantitative estimate of drug-likeness (QED) is 0.676. The summed E-state index contributed by atoms with van der Waals surface area (Å²) in [4.78, 5) is 25.8. The summed E-state index contributed by atoms with van der Waals surface area (Å²) in [6.45, 7) is 2.88. The van der Waals surface area contributed by atoms with Crippen LogP contribution in [0.3, 0.4) is 0 Å². The third-order valence-corrected chi connectivity index (χ3v) is 6.84. The summed E-state index contributed by atoms with van der Waals surface area (Å²) in [5, 5.41) is 2.46. The van der Waals surface area contributed by atoms with Crippen molar-refractivity contribution in [1.82, 2.24) is 9.62 Å². The zero-order valence-corrected chi connectivity index (χ0v) is 16.5. The van der Waals surface area contributed by atoms with Crippen molar-refractivity contribution < 1.29 is 22.7 Å². The highest BCUT2D eigenvalue weighted by Gasteiger charge is 2.28. The van der Waals surface area contributed by atoms with E-state index in [0.29, 0.717) is 45.1 Å². The molecule has 0 bridgehead atoms. The molecule has 1 aromatic carbocycles. The second-order valence-corrected chi connectivity index (χ2v) is 8.83. The Bertz CT molecular complexity index is 830. The Balaban J connectivity index is 1.95. The minimum absolute atomic E-state index is 0.0793. The number of amides is 2. The Morgan fingerprint density at radius 2 is 1.75 bits per heavy atom. The van der Waals surface area contributed by atoms with Gasteiger partial charge in [-0.2, -0.15) is 4.31 Å². The van der Waals surface area contributed by atoms with Crippen LogP contribution in [0.5, 0.6) is 0 Å². The summed E-state index contributed by atoms with van der Waals surface area (Å²) < 4.78 is 32.8. The van der Waals surface area contributed by atoms with E-state index >= 15 is 0 Å². The van der Waals surface area contributed by atoms with E-state index in [0.717, 1.165) is 19.3 Å². The average molecular weight is 410 g/mol. The van der Waals surface area contributed by atoms with Gasteiger partial charge in [-0.1, -0.05) is 6.42 Å². The van der Waals surface area contributed by atoms with E-state index in [1.54, 1.807) is 12.1 Å². The van der Waals surface area contributed by atoms with Crippen LogP contribution < -0.4 is 16.0 Å². The normalized spacial score (nSPS) is 18.6.